The quantitative estimate of drug-likeness (QED) is 0.472. The number of alkyl halides is 5. The molecule has 6 nitrogen and oxygen atoms in total. The van der Waals surface area contributed by atoms with Gasteiger partial charge in [-0.1, -0.05) is 18.2 Å². The molecule has 6 rings (SSSR count). The summed E-state index contributed by atoms with van der Waals surface area (Å²) >= 11 is 0. The fourth-order valence-electron chi connectivity index (χ4n) is 5.54. The zero-order valence-electron chi connectivity index (χ0n) is 20.6. The second-order valence-electron chi connectivity index (χ2n) is 10.5. The Kier molecular flexibility index (Phi) is 6.73. The molecule has 1 aromatic heterocycles. The third-order valence-electron chi connectivity index (χ3n) is 8.14. The van der Waals surface area contributed by atoms with Crippen molar-refractivity contribution in [2.24, 2.45) is 0 Å². The number of aromatic nitrogens is 1. The van der Waals surface area contributed by atoms with E-state index in [1.54, 1.807) is 0 Å². The van der Waals surface area contributed by atoms with Gasteiger partial charge in [-0.25, -0.2) is 26.3 Å². The Labute approximate surface area is 215 Å². The molecule has 206 valence electrons. The van der Waals surface area contributed by atoms with Crippen LogP contribution in [0.2, 0.25) is 0 Å². The van der Waals surface area contributed by atoms with Crippen LogP contribution < -0.4 is 16.2 Å². The van der Waals surface area contributed by atoms with Gasteiger partial charge in [-0.15, -0.1) is 0 Å². The lowest BCUT2D eigenvalue weighted by atomic mass is 9.80. The lowest BCUT2D eigenvalue weighted by Crippen LogP contribution is -2.62. The van der Waals surface area contributed by atoms with E-state index in [4.69, 9.17) is 0 Å². The average Bonchev–Trinajstić information content (AvgIpc) is 3.67. The van der Waals surface area contributed by atoms with E-state index in [-0.39, 0.29) is 42.5 Å². The van der Waals surface area contributed by atoms with Crippen LogP contribution in [0.1, 0.15) is 66.6 Å². The highest BCUT2D eigenvalue weighted by Crippen LogP contribution is 2.48. The summed E-state index contributed by atoms with van der Waals surface area (Å²) in [6.45, 7) is 2.90. The number of amides is 1. The number of hydrogen-bond donors (Lipinski definition) is 2. The number of pyridine rings is 1. The largest absolute Gasteiger partial charge is 0.377 e. The molecule has 2 aromatic rings. The number of anilines is 1. The van der Waals surface area contributed by atoms with Crippen LogP contribution in [0, 0.1) is 5.82 Å². The summed E-state index contributed by atoms with van der Waals surface area (Å²) in [4.78, 5) is 28.4. The van der Waals surface area contributed by atoms with Gasteiger partial charge in [0.1, 0.15) is 17.0 Å². The number of benzene rings is 1. The fraction of sp³-hybridized carbons (Fsp3) is 0.538. The van der Waals surface area contributed by atoms with E-state index in [1.165, 1.54) is 19.1 Å². The lowest BCUT2D eigenvalue weighted by Gasteiger charge is -2.49. The second kappa shape index (κ2) is 9.62. The zero-order chi connectivity index (χ0) is 27.4. The van der Waals surface area contributed by atoms with E-state index < -0.39 is 59.0 Å². The molecule has 3 aliphatic heterocycles. The maximum absolute atomic E-state index is 15.6. The number of fused-ring (bicyclic) bond motifs is 3. The lowest BCUT2D eigenvalue weighted by molar-refractivity contribution is -0.0176. The summed E-state index contributed by atoms with van der Waals surface area (Å²) in [6, 6.07) is 2.63. The predicted molar refractivity (Wildman–Crippen MR) is 128 cm³/mol. The molecule has 1 aliphatic carbocycles. The van der Waals surface area contributed by atoms with Gasteiger partial charge in [-0.05, 0) is 32.6 Å². The van der Waals surface area contributed by atoms with E-state index in [1.807, 2.05) is 0 Å². The molecule has 12 heteroatoms. The van der Waals surface area contributed by atoms with Crippen molar-refractivity contribution in [3.8, 4) is 0 Å². The summed E-state index contributed by atoms with van der Waals surface area (Å²) < 4.78 is 85.2. The molecule has 1 saturated carbocycles. The van der Waals surface area contributed by atoms with Crippen LogP contribution in [-0.4, -0.2) is 53.1 Å². The van der Waals surface area contributed by atoms with Crippen molar-refractivity contribution in [3.63, 3.8) is 0 Å². The minimum absolute atomic E-state index is 0.0291. The summed E-state index contributed by atoms with van der Waals surface area (Å²) in [5.41, 5.74) is -5.30. The maximum Gasteiger partial charge on any atom is 0.266 e. The van der Waals surface area contributed by atoms with E-state index in [9.17, 15) is 31.5 Å². The van der Waals surface area contributed by atoms with Crippen LogP contribution in [0.5, 0.6) is 0 Å². The van der Waals surface area contributed by atoms with Gasteiger partial charge in [0, 0.05) is 37.5 Å². The van der Waals surface area contributed by atoms with E-state index in [2.05, 4.69) is 15.5 Å². The summed E-state index contributed by atoms with van der Waals surface area (Å²) in [5, 5.41) is 5.49. The summed E-state index contributed by atoms with van der Waals surface area (Å²) in [5.74, 6) is -2.02. The van der Waals surface area contributed by atoms with Crippen molar-refractivity contribution in [3.05, 3.63) is 63.3 Å². The van der Waals surface area contributed by atoms with Crippen LogP contribution >= 0.6 is 0 Å². The molecule has 2 atom stereocenters. The molecule has 3 saturated heterocycles. The van der Waals surface area contributed by atoms with Crippen molar-refractivity contribution in [1.82, 2.24) is 14.8 Å². The first-order valence-corrected chi connectivity index (χ1v) is 12.6. The Bertz CT molecular complexity index is 1290. The van der Waals surface area contributed by atoms with E-state index in [0.717, 1.165) is 22.9 Å². The molecular formula is C26H28F6N4O2. The maximum atomic E-state index is 15.6. The van der Waals surface area contributed by atoms with Gasteiger partial charge < -0.3 is 20.1 Å². The van der Waals surface area contributed by atoms with Crippen LogP contribution in [0.25, 0.3) is 0 Å². The van der Waals surface area contributed by atoms with Crippen LogP contribution in [-0.2, 0) is 5.54 Å². The number of carbonyl (C=O) groups excluding carboxylic acids is 1. The number of halogens is 6. The van der Waals surface area contributed by atoms with Crippen LogP contribution in [0.15, 0.2) is 35.3 Å². The Morgan fingerprint density at radius 1 is 1.08 bits per heavy atom. The van der Waals surface area contributed by atoms with Crippen molar-refractivity contribution in [2.75, 3.05) is 25.0 Å². The Morgan fingerprint density at radius 2 is 1.74 bits per heavy atom. The smallest absolute Gasteiger partial charge is 0.266 e. The molecule has 38 heavy (non-hydrogen) atoms. The van der Waals surface area contributed by atoms with Crippen molar-refractivity contribution < 1.29 is 31.1 Å². The third kappa shape index (κ3) is 4.56. The van der Waals surface area contributed by atoms with Gasteiger partial charge >= 0.3 is 0 Å². The molecular weight excluding hydrogens is 514 g/mol. The minimum atomic E-state index is -3.06. The summed E-state index contributed by atoms with van der Waals surface area (Å²) in [7, 11) is 0. The van der Waals surface area contributed by atoms with Gasteiger partial charge in [0.15, 0.2) is 0 Å². The highest BCUT2D eigenvalue weighted by molar-refractivity contribution is 5.99. The molecule has 0 spiro atoms. The molecule has 4 aliphatic rings. The molecule has 1 aromatic carbocycles. The Hall–Kier alpha value is -3.02. The third-order valence-corrected chi connectivity index (χ3v) is 8.14. The SMILES string of the molecule is CC(NC(=O)c1cn(C2(C(F)F)CC2)c(=O)cc1N[C@@H]1CN2CCC1(F)CC2)c1cccc(C(F)F)c1F. The molecule has 4 fully saturated rings. The van der Waals surface area contributed by atoms with Crippen LogP contribution in [0.3, 0.4) is 0 Å². The first kappa shape index (κ1) is 26.6. The first-order valence-electron chi connectivity index (χ1n) is 12.6. The number of hydrogen-bond acceptors (Lipinski definition) is 4. The molecule has 1 amide bonds. The average molecular weight is 543 g/mol. The van der Waals surface area contributed by atoms with E-state index >= 15 is 4.39 Å². The summed E-state index contributed by atoms with van der Waals surface area (Å²) in [6.07, 6.45) is -4.24. The van der Waals surface area contributed by atoms with Crippen molar-refractivity contribution >= 4 is 11.6 Å². The fourth-order valence-corrected chi connectivity index (χ4v) is 5.54. The van der Waals surface area contributed by atoms with Gasteiger partial charge in [-0.2, -0.15) is 0 Å². The van der Waals surface area contributed by atoms with E-state index in [0.29, 0.717) is 19.6 Å². The Morgan fingerprint density at radius 3 is 2.32 bits per heavy atom. The number of piperidine rings is 3. The minimum Gasteiger partial charge on any atom is -0.377 e. The monoisotopic (exact) mass is 542 g/mol. The molecule has 4 heterocycles. The van der Waals surface area contributed by atoms with Gasteiger partial charge in [-0.3, -0.25) is 9.59 Å². The second-order valence-corrected chi connectivity index (χ2v) is 10.5. The number of nitrogens with zero attached hydrogens (tertiary/aromatic N) is 2. The topological polar surface area (TPSA) is 66.4 Å². The van der Waals surface area contributed by atoms with Gasteiger partial charge in [0.2, 0.25) is 0 Å². The number of carbonyl (C=O) groups is 1. The predicted octanol–water partition coefficient (Wildman–Crippen LogP) is 4.77. The standard InChI is InChI=1S/C26H28F6N4O2/c1-14(15-3-2-4-16(21(15)27)22(28)29)33-23(38)17-12-36(26(5-6-26)24(30)31)20(37)11-18(17)34-19-13-35-9-7-25(19,32)8-10-35/h2-4,11-12,14,19,22,24,34H,5-10,13H2,1H3,(H,33,38)/t14?,19-/m1/s1. The molecule has 1 unspecified atom stereocenters. The van der Waals surface area contributed by atoms with Crippen molar-refractivity contribution in [1.29, 1.82) is 0 Å². The number of rotatable bonds is 8. The molecule has 0 radical (unpaired) electrons. The molecule has 2 N–H and O–H groups in total. The number of nitrogens with one attached hydrogen (secondary N) is 2. The van der Waals surface area contributed by atoms with Crippen LogP contribution in [0.4, 0.5) is 32.0 Å². The van der Waals surface area contributed by atoms with Gasteiger partial charge in [0.25, 0.3) is 24.3 Å². The molecule has 2 bridgehead atoms. The zero-order valence-corrected chi connectivity index (χ0v) is 20.6. The van der Waals surface area contributed by atoms with Gasteiger partial charge in [0.05, 0.1) is 28.9 Å². The highest BCUT2D eigenvalue weighted by atomic mass is 19.3. The highest BCUT2D eigenvalue weighted by Gasteiger charge is 2.54. The first-order chi connectivity index (χ1) is 17.9. The Balaban J connectivity index is 1.49. The van der Waals surface area contributed by atoms with Crippen molar-refractivity contribution in [2.45, 2.75) is 68.7 Å². The normalized spacial score (nSPS) is 26.4.